The van der Waals surface area contributed by atoms with Crippen LogP contribution in [0.3, 0.4) is 0 Å². The van der Waals surface area contributed by atoms with Crippen LogP contribution in [0.1, 0.15) is 84.5 Å². The molecule has 0 heterocycles. The van der Waals surface area contributed by atoms with Crippen LogP contribution in [-0.2, 0) is 24.0 Å². The number of ketones is 2. The lowest BCUT2D eigenvalue weighted by molar-refractivity contribution is -0.131. The Morgan fingerprint density at radius 3 is 1.44 bits per heavy atom. The Morgan fingerprint density at radius 2 is 1.00 bits per heavy atom. The number of unbranched alkanes of at least 4 members (excludes halogenated alkanes) is 3. The monoisotopic (exact) mass is 583 g/mol. The molecule has 0 bridgehead atoms. The van der Waals surface area contributed by atoms with Gasteiger partial charge in [-0.3, -0.25) is 24.0 Å². The zero-order valence-corrected chi connectivity index (χ0v) is 26.3. The van der Waals surface area contributed by atoms with Gasteiger partial charge in [0, 0.05) is 18.9 Å². The lowest BCUT2D eigenvalue weighted by atomic mass is 10.0. The van der Waals surface area contributed by atoms with Crippen molar-refractivity contribution in [2.75, 3.05) is 47.8 Å². The van der Waals surface area contributed by atoms with Crippen LogP contribution in [0.2, 0.25) is 0 Å². The number of nitrogens with one attached hydrogen (secondary N) is 7. The highest BCUT2D eigenvalue weighted by Gasteiger charge is 2.28. The Balaban J connectivity index is 5.41. The van der Waals surface area contributed by atoms with Crippen molar-refractivity contribution >= 4 is 29.3 Å². The van der Waals surface area contributed by atoms with Crippen molar-refractivity contribution in [1.82, 2.24) is 37.2 Å². The van der Waals surface area contributed by atoms with Crippen LogP contribution in [0.4, 0.5) is 0 Å². The average Bonchev–Trinajstić information content (AvgIpc) is 2.91. The van der Waals surface area contributed by atoms with E-state index in [9.17, 15) is 24.0 Å². The summed E-state index contributed by atoms with van der Waals surface area (Å²) in [5.41, 5.74) is 0. The molecule has 41 heavy (non-hydrogen) atoms. The third kappa shape index (κ3) is 19.4. The Morgan fingerprint density at radius 1 is 0.537 bits per heavy atom. The van der Waals surface area contributed by atoms with Crippen molar-refractivity contribution in [2.24, 2.45) is 0 Å². The van der Waals surface area contributed by atoms with Gasteiger partial charge in [0.2, 0.25) is 17.7 Å². The fraction of sp³-hybridized carbons (Fsp3) is 0.828. The Kier molecular flexibility index (Phi) is 22.8. The van der Waals surface area contributed by atoms with Crippen LogP contribution >= 0.6 is 0 Å². The van der Waals surface area contributed by atoms with E-state index in [0.29, 0.717) is 25.7 Å². The molecule has 3 amide bonds. The number of rotatable bonds is 26. The van der Waals surface area contributed by atoms with E-state index in [0.717, 1.165) is 51.7 Å². The van der Waals surface area contributed by atoms with Gasteiger partial charge in [0.25, 0.3) is 0 Å². The quantitative estimate of drug-likeness (QED) is 0.0701. The lowest BCUT2D eigenvalue weighted by Gasteiger charge is -2.25. The standard InChI is InChI=1S/C29H57N7O5/c1-21(37)19-23(20-27(39)35-24(22(2)38)13-7-10-16-30-3)34-29(41)26(15-9-12-18-32-5)36-28(40)25(33-6)14-8-11-17-31-4/h23-26,30-33H,7-20H2,1-6H3,(H,34,41)(H,35,39)(H,36,40). The second-order valence-corrected chi connectivity index (χ2v) is 10.7. The molecule has 0 fully saturated rings. The molecule has 0 spiro atoms. The third-order valence-corrected chi connectivity index (χ3v) is 6.94. The van der Waals surface area contributed by atoms with Gasteiger partial charge >= 0.3 is 0 Å². The molecule has 12 nitrogen and oxygen atoms in total. The Labute approximate surface area is 247 Å². The first-order chi connectivity index (χ1) is 19.6. The summed E-state index contributed by atoms with van der Waals surface area (Å²) in [4.78, 5) is 63.4. The maximum Gasteiger partial charge on any atom is 0.242 e. The van der Waals surface area contributed by atoms with Crippen LogP contribution in [0.15, 0.2) is 0 Å². The van der Waals surface area contributed by atoms with Crippen molar-refractivity contribution in [3.05, 3.63) is 0 Å². The topological polar surface area (TPSA) is 170 Å². The van der Waals surface area contributed by atoms with Crippen LogP contribution in [0, 0.1) is 0 Å². The number of hydrogen-bond acceptors (Lipinski definition) is 9. The van der Waals surface area contributed by atoms with E-state index in [-0.39, 0.29) is 30.3 Å². The number of carbonyl (C=O) groups excluding carboxylic acids is 5. The molecule has 0 radical (unpaired) electrons. The minimum Gasteiger partial charge on any atom is -0.351 e. The fourth-order valence-electron chi connectivity index (χ4n) is 4.58. The molecule has 238 valence electrons. The van der Waals surface area contributed by atoms with E-state index >= 15 is 0 Å². The van der Waals surface area contributed by atoms with E-state index in [4.69, 9.17) is 0 Å². The van der Waals surface area contributed by atoms with Crippen molar-refractivity contribution in [2.45, 2.75) is 109 Å². The van der Waals surface area contributed by atoms with Crippen molar-refractivity contribution in [1.29, 1.82) is 0 Å². The summed E-state index contributed by atoms with van der Waals surface area (Å²) in [6.45, 7) is 5.32. The number of likely N-dealkylation sites (N-methyl/N-ethyl adjacent to an activating group) is 1. The first-order valence-electron chi connectivity index (χ1n) is 15.1. The highest BCUT2D eigenvalue weighted by Crippen LogP contribution is 2.09. The summed E-state index contributed by atoms with van der Waals surface area (Å²) < 4.78 is 0. The van der Waals surface area contributed by atoms with Crippen LogP contribution in [0.25, 0.3) is 0 Å². The van der Waals surface area contributed by atoms with E-state index in [1.807, 2.05) is 21.1 Å². The number of Topliss-reactive ketones (excluding diaryl/α,β-unsaturated/α-hetero) is 2. The molecule has 0 aromatic rings. The first-order valence-corrected chi connectivity index (χ1v) is 15.1. The normalized spacial score (nSPS) is 14.0. The van der Waals surface area contributed by atoms with Crippen LogP contribution in [-0.4, -0.2) is 101 Å². The highest BCUT2D eigenvalue weighted by molar-refractivity contribution is 5.91. The molecule has 12 heteroatoms. The SMILES string of the molecule is CNCCCCC(NC(=O)CC(CC(C)=O)NC(=O)C(CCCCNC)NC(=O)C(CCCCNC)NC)C(C)=O. The second kappa shape index (κ2) is 24.2. The summed E-state index contributed by atoms with van der Waals surface area (Å²) >= 11 is 0. The highest BCUT2D eigenvalue weighted by atomic mass is 16.2. The maximum absolute atomic E-state index is 13.4. The molecule has 0 rings (SSSR count). The van der Waals surface area contributed by atoms with Crippen molar-refractivity contribution < 1.29 is 24.0 Å². The van der Waals surface area contributed by atoms with Gasteiger partial charge in [-0.1, -0.05) is 6.42 Å². The van der Waals surface area contributed by atoms with Gasteiger partial charge in [0.05, 0.1) is 12.1 Å². The first kappa shape index (κ1) is 38.6. The zero-order chi connectivity index (χ0) is 31.0. The predicted octanol–water partition coefficient (Wildman–Crippen LogP) is 0.156. The van der Waals surface area contributed by atoms with Gasteiger partial charge < -0.3 is 37.2 Å². The molecule has 4 atom stereocenters. The maximum atomic E-state index is 13.4. The molecule has 0 saturated carbocycles. The van der Waals surface area contributed by atoms with Gasteiger partial charge in [0.15, 0.2) is 5.78 Å². The summed E-state index contributed by atoms with van der Waals surface area (Å²) in [7, 11) is 7.32. The molecule has 0 aliphatic carbocycles. The second-order valence-electron chi connectivity index (χ2n) is 10.7. The van der Waals surface area contributed by atoms with Crippen LogP contribution in [0.5, 0.6) is 0 Å². The molecule has 4 unspecified atom stereocenters. The fourth-order valence-corrected chi connectivity index (χ4v) is 4.58. The van der Waals surface area contributed by atoms with Crippen molar-refractivity contribution in [3.63, 3.8) is 0 Å². The van der Waals surface area contributed by atoms with E-state index in [1.54, 1.807) is 7.05 Å². The van der Waals surface area contributed by atoms with E-state index < -0.39 is 36.0 Å². The smallest absolute Gasteiger partial charge is 0.242 e. The molecule has 0 aromatic heterocycles. The van der Waals surface area contributed by atoms with Crippen molar-refractivity contribution in [3.8, 4) is 0 Å². The predicted molar refractivity (Wildman–Crippen MR) is 163 cm³/mol. The zero-order valence-electron chi connectivity index (χ0n) is 26.3. The van der Waals surface area contributed by atoms with Gasteiger partial charge in [-0.25, -0.2) is 0 Å². The van der Waals surface area contributed by atoms with E-state index in [2.05, 4.69) is 37.2 Å². The number of amides is 3. The molecule has 0 aliphatic heterocycles. The molecular formula is C29H57N7O5. The molecular weight excluding hydrogens is 526 g/mol. The van der Waals surface area contributed by atoms with Gasteiger partial charge in [-0.05, 0) is 113 Å². The summed E-state index contributed by atoms with van der Waals surface area (Å²) in [6, 6.07) is -2.61. The minimum absolute atomic E-state index is 0.0307. The van der Waals surface area contributed by atoms with Gasteiger partial charge in [-0.15, -0.1) is 0 Å². The summed E-state index contributed by atoms with van der Waals surface area (Å²) in [5, 5.41) is 20.8. The molecule has 7 N–H and O–H groups in total. The minimum atomic E-state index is -0.804. The largest absolute Gasteiger partial charge is 0.351 e. The Bertz CT molecular complexity index is 781. The summed E-state index contributed by atoms with van der Waals surface area (Å²) in [6.07, 6.45) is 6.39. The number of carbonyl (C=O) groups is 5. The molecule has 0 aliphatic rings. The molecule has 0 aromatic carbocycles. The Hall–Kier alpha value is -2.41. The van der Waals surface area contributed by atoms with Gasteiger partial charge in [0.1, 0.15) is 11.8 Å². The third-order valence-electron chi connectivity index (χ3n) is 6.94. The van der Waals surface area contributed by atoms with Crippen LogP contribution < -0.4 is 37.2 Å². The molecule has 0 saturated heterocycles. The average molecular weight is 584 g/mol. The van der Waals surface area contributed by atoms with Gasteiger partial charge in [-0.2, -0.15) is 0 Å². The summed E-state index contributed by atoms with van der Waals surface area (Å²) in [5.74, 6) is -1.40. The van der Waals surface area contributed by atoms with E-state index in [1.165, 1.54) is 13.8 Å². The lowest BCUT2D eigenvalue weighted by Crippen LogP contribution is -2.54. The number of hydrogen-bond donors (Lipinski definition) is 7.